The predicted octanol–water partition coefficient (Wildman–Crippen LogP) is 2.61. The van der Waals surface area contributed by atoms with Gasteiger partial charge in [0.15, 0.2) is 0 Å². The van der Waals surface area contributed by atoms with Crippen LogP contribution in [0.25, 0.3) is 6.08 Å². The number of ether oxygens (including phenoxy) is 1. The van der Waals surface area contributed by atoms with Crippen molar-refractivity contribution in [3.8, 4) is 0 Å². The fourth-order valence-corrected chi connectivity index (χ4v) is 3.27. The van der Waals surface area contributed by atoms with Crippen LogP contribution >= 0.6 is 34.7 Å². The molecule has 0 radical (unpaired) electrons. The first-order valence-corrected chi connectivity index (χ1v) is 7.10. The molecule has 2 amide bonds. The molecule has 0 spiro atoms. The third kappa shape index (κ3) is 3.17. The Morgan fingerprint density at radius 2 is 2.21 bits per heavy atom. The Kier molecular flexibility index (Phi) is 4.28. The fraction of sp³-hybridized carbons (Fsp3) is 0.182. The average molecular weight is 318 g/mol. The van der Waals surface area contributed by atoms with Gasteiger partial charge < -0.3 is 4.74 Å². The number of amides is 2. The molecule has 0 bridgehead atoms. The number of imide groups is 1. The van der Waals surface area contributed by atoms with Crippen molar-refractivity contribution in [3.05, 3.63) is 26.3 Å². The van der Waals surface area contributed by atoms with Crippen LogP contribution in [-0.2, 0) is 14.3 Å². The van der Waals surface area contributed by atoms with Crippen molar-refractivity contribution in [2.75, 3.05) is 13.7 Å². The first-order chi connectivity index (χ1) is 9.01. The van der Waals surface area contributed by atoms with Gasteiger partial charge >= 0.3 is 5.97 Å². The lowest BCUT2D eigenvalue weighted by Gasteiger charge is -2.09. The van der Waals surface area contributed by atoms with Crippen molar-refractivity contribution >= 4 is 57.9 Å². The van der Waals surface area contributed by atoms with Crippen LogP contribution in [0, 0.1) is 0 Å². The minimum Gasteiger partial charge on any atom is -0.468 e. The minimum absolute atomic E-state index is 0.271. The van der Waals surface area contributed by atoms with Crippen molar-refractivity contribution in [1.82, 2.24) is 4.90 Å². The van der Waals surface area contributed by atoms with Gasteiger partial charge in [-0.2, -0.15) is 0 Å². The molecule has 1 saturated heterocycles. The van der Waals surface area contributed by atoms with Crippen LogP contribution in [0.5, 0.6) is 0 Å². The zero-order chi connectivity index (χ0) is 14.0. The Morgan fingerprint density at radius 1 is 1.47 bits per heavy atom. The largest absolute Gasteiger partial charge is 0.468 e. The van der Waals surface area contributed by atoms with Crippen LogP contribution in [0.15, 0.2) is 17.0 Å². The summed E-state index contributed by atoms with van der Waals surface area (Å²) in [6.07, 6.45) is 1.58. The summed E-state index contributed by atoms with van der Waals surface area (Å²) >= 11 is 7.88. The molecule has 0 unspecified atom stereocenters. The number of thioether (sulfide) groups is 1. The lowest BCUT2D eigenvalue weighted by Crippen LogP contribution is -2.34. The molecule has 1 aliphatic heterocycles. The van der Waals surface area contributed by atoms with Crippen LogP contribution < -0.4 is 0 Å². The maximum Gasteiger partial charge on any atom is 0.325 e. The van der Waals surface area contributed by atoms with Crippen molar-refractivity contribution in [2.45, 2.75) is 0 Å². The van der Waals surface area contributed by atoms with Gasteiger partial charge in [0, 0.05) is 4.88 Å². The van der Waals surface area contributed by atoms with Gasteiger partial charge in [0.1, 0.15) is 6.54 Å². The Morgan fingerprint density at radius 3 is 2.79 bits per heavy atom. The average Bonchev–Trinajstić information content (AvgIpc) is 2.88. The highest BCUT2D eigenvalue weighted by Crippen LogP contribution is 2.33. The van der Waals surface area contributed by atoms with E-state index in [1.54, 1.807) is 18.2 Å². The van der Waals surface area contributed by atoms with E-state index in [9.17, 15) is 14.4 Å². The zero-order valence-electron chi connectivity index (χ0n) is 9.71. The maximum atomic E-state index is 12.0. The third-order valence-corrected chi connectivity index (χ3v) is 4.34. The SMILES string of the molecule is COC(=O)CN1C(=O)S/C(=C/c2ccc(Cl)s2)C1=O. The number of rotatable bonds is 3. The van der Waals surface area contributed by atoms with E-state index in [2.05, 4.69) is 4.74 Å². The molecule has 2 rings (SSSR count). The topological polar surface area (TPSA) is 63.7 Å². The number of hydrogen-bond donors (Lipinski definition) is 0. The summed E-state index contributed by atoms with van der Waals surface area (Å²) in [4.78, 5) is 36.6. The van der Waals surface area contributed by atoms with Crippen molar-refractivity contribution in [3.63, 3.8) is 0 Å². The highest BCUT2D eigenvalue weighted by Gasteiger charge is 2.36. The van der Waals surface area contributed by atoms with Crippen LogP contribution in [0.4, 0.5) is 4.79 Å². The van der Waals surface area contributed by atoms with E-state index in [0.29, 0.717) is 4.34 Å². The zero-order valence-corrected chi connectivity index (χ0v) is 12.1. The van der Waals surface area contributed by atoms with E-state index in [0.717, 1.165) is 21.5 Å². The Hall–Kier alpha value is -1.31. The number of methoxy groups -OCH3 is 1. The number of hydrogen-bond acceptors (Lipinski definition) is 6. The molecular weight excluding hydrogens is 310 g/mol. The molecule has 0 N–H and O–H groups in total. The third-order valence-electron chi connectivity index (χ3n) is 2.26. The second-order valence-corrected chi connectivity index (χ2v) is 6.23. The molecule has 0 aliphatic carbocycles. The summed E-state index contributed by atoms with van der Waals surface area (Å²) in [7, 11) is 1.20. The van der Waals surface area contributed by atoms with Gasteiger partial charge in [-0.25, -0.2) is 0 Å². The monoisotopic (exact) mass is 317 g/mol. The van der Waals surface area contributed by atoms with Crippen molar-refractivity contribution < 1.29 is 19.1 Å². The van der Waals surface area contributed by atoms with E-state index < -0.39 is 17.1 Å². The van der Waals surface area contributed by atoms with Crippen molar-refractivity contribution in [2.24, 2.45) is 0 Å². The van der Waals surface area contributed by atoms with E-state index in [-0.39, 0.29) is 11.4 Å². The molecule has 100 valence electrons. The highest BCUT2D eigenvalue weighted by atomic mass is 35.5. The smallest absolute Gasteiger partial charge is 0.325 e. The molecule has 0 atom stereocenters. The molecule has 5 nitrogen and oxygen atoms in total. The molecule has 8 heteroatoms. The van der Waals surface area contributed by atoms with E-state index in [1.807, 2.05) is 0 Å². The second kappa shape index (κ2) is 5.77. The van der Waals surface area contributed by atoms with Gasteiger partial charge in [-0.15, -0.1) is 11.3 Å². The van der Waals surface area contributed by atoms with Crippen LogP contribution in [-0.4, -0.2) is 35.7 Å². The van der Waals surface area contributed by atoms with Crippen LogP contribution in [0.3, 0.4) is 0 Å². The van der Waals surface area contributed by atoms with Gasteiger partial charge in [-0.3, -0.25) is 19.3 Å². The van der Waals surface area contributed by atoms with E-state index in [4.69, 9.17) is 11.6 Å². The predicted molar refractivity (Wildman–Crippen MR) is 74.0 cm³/mol. The molecule has 19 heavy (non-hydrogen) atoms. The van der Waals surface area contributed by atoms with Gasteiger partial charge in [0.05, 0.1) is 16.4 Å². The van der Waals surface area contributed by atoms with Gasteiger partial charge in [0.25, 0.3) is 11.1 Å². The summed E-state index contributed by atoms with van der Waals surface area (Å²) in [5.41, 5.74) is 0. The Balaban J connectivity index is 2.18. The Labute approximate surface area is 122 Å². The lowest BCUT2D eigenvalue weighted by atomic mass is 10.3. The normalized spacial score (nSPS) is 17.4. The standard InChI is InChI=1S/C11H8ClNO4S2/c1-17-9(14)5-13-10(15)7(19-11(13)16)4-6-2-3-8(12)18-6/h2-4H,5H2,1H3/b7-4+. The number of esters is 1. The summed E-state index contributed by atoms with van der Waals surface area (Å²) in [6.45, 7) is -0.371. The molecule has 1 aromatic rings. The fourth-order valence-electron chi connectivity index (χ4n) is 1.37. The summed E-state index contributed by atoms with van der Waals surface area (Å²) < 4.78 is 5.03. The number of nitrogens with zero attached hydrogens (tertiary/aromatic N) is 1. The van der Waals surface area contributed by atoms with E-state index in [1.165, 1.54) is 18.4 Å². The van der Waals surface area contributed by atoms with Crippen LogP contribution in [0.2, 0.25) is 4.34 Å². The van der Waals surface area contributed by atoms with Gasteiger partial charge in [0.2, 0.25) is 0 Å². The van der Waals surface area contributed by atoms with Gasteiger partial charge in [-0.05, 0) is 30.0 Å². The summed E-state index contributed by atoms with van der Waals surface area (Å²) in [5, 5.41) is -0.482. The first-order valence-electron chi connectivity index (χ1n) is 5.09. The van der Waals surface area contributed by atoms with E-state index >= 15 is 0 Å². The summed E-state index contributed by atoms with van der Waals surface area (Å²) in [5.74, 6) is -1.13. The highest BCUT2D eigenvalue weighted by molar-refractivity contribution is 8.18. The first kappa shape index (κ1) is 14.1. The quantitative estimate of drug-likeness (QED) is 0.633. The molecule has 2 heterocycles. The minimum atomic E-state index is -0.636. The molecule has 1 aromatic heterocycles. The molecule has 1 aliphatic rings. The number of halogens is 1. The second-order valence-electron chi connectivity index (χ2n) is 3.49. The number of thiophene rings is 1. The summed E-state index contributed by atoms with van der Waals surface area (Å²) in [6, 6.07) is 3.46. The van der Waals surface area contributed by atoms with Crippen molar-refractivity contribution in [1.29, 1.82) is 0 Å². The molecule has 0 saturated carbocycles. The number of carbonyl (C=O) groups is 3. The lowest BCUT2D eigenvalue weighted by molar-refractivity contribution is -0.143. The van der Waals surface area contributed by atoms with Gasteiger partial charge in [-0.1, -0.05) is 11.6 Å². The van der Waals surface area contributed by atoms with Crippen LogP contribution in [0.1, 0.15) is 4.88 Å². The molecular formula is C11H8ClNO4S2. The molecule has 1 fully saturated rings. The maximum absolute atomic E-state index is 12.0. The number of carbonyl (C=O) groups excluding carboxylic acids is 3. The molecule has 0 aromatic carbocycles. The Bertz CT molecular complexity index is 581.